The van der Waals surface area contributed by atoms with Gasteiger partial charge in [0.25, 0.3) is 0 Å². The third kappa shape index (κ3) is 2.77. The molecule has 118 valence electrons. The van der Waals surface area contributed by atoms with Crippen LogP contribution in [-0.2, 0) is 4.79 Å². The van der Waals surface area contributed by atoms with Crippen LogP contribution in [0.4, 0.5) is 0 Å². The summed E-state index contributed by atoms with van der Waals surface area (Å²) in [5.41, 5.74) is 0.991. The van der Waals surface area contributed by atoms with E-state index in [1.54, 1.807) is 12.7 Å². The highest BCUT2D eigenvalue weighted by atomic mass is 16.3. The van der Waals surface area contributed by atoms with E-state index in [0.29, 0.717) is 6.54 Å². The average Bonchev–Trinajstić information content (AvgIpc) is 3.15. The molecule has 1 amide bonds. The number of hydrogen-bond donors (Lipinski definition) is 0. The first-order valence-corrected chi connectivity index (χ1v) is 7.76. The summed E-state index contributed by atoms with van der Waals surface area (Å²) in [4.78, 5) is 18.8. The Kier molecular flexibility index (Phi) is 4.00. The summed E-state index contributed by atoms with van der Waals surface area (Å²) in [6.07, 6.45) is 5.30. The molecule has 1 aliphatic heterocycles. The molecule has 1 aliphatic rings. The minimum absolute atomic E-state index is 0.161. The molecule has 1 fully saturated rings. The molecule has 6 heteroatoms. The molecule has 1 saturated heterocycles. The zero-order valence-electron chi connectivity index (χ0n) is 13.3. The summed E-state index contributed by atoms with van der Waals surface area (Å²) in [7, 11) is 0. The van der Waals surface area contributed by atoms with Gasteiger partial charge in [-0.1, -0.05) is 0 Å². The van der Waals surface area contributed by atoms with Gasteiger partial charge in [-0.05, 0) is 39.7 Å². The molecule has 2 aromatic rings. The van der Waals surface area contributed by atoms with E-state index in [1.807, 2.05) is 36.4 Å². The molecule has 2 atom stereocenters. The number of furan rings is 1. The van der Waals surface area contributed by atoms with Crippen LogP contribution in [0.5, 0.6) is 0 Å². The van der Waals surface area contributed by atoms with Crippen molar-refractivity contribution < 1.29 is 9.21 Å². The van der Waals surface area contributed by atoms with Gasteiger partial charge in [0, 0.05) is 18.7 Å². The number of rotatable bonds is 3. The number of aryl methyl sites for hydroxylation is 2. The molecule has 0 unspecified atom stereocenters. The highest BCUT2D eigenvalue weighted by Gasteiger charge is 2.30. The van der Waals surface area contributed by atoms with Crippen molar-refractivity contribution in [3.63, 3.8) is 0 Å². The van der Waals surface area contributed by atoms with E-state index < -0.39 is 0 Å². The van der Waals surface area contributed by atoms with Crippen molar-refractivity contribution >= 4 is 5.91 Å². The number of piperidine rings is 1. The lowest BCUT2D eigenvalue weighted by Gasteiger charge is -2.34. The fourth-order valence-corrected chi connectivity index (χ4v) is 3.26. The van der Waals surface area contributed by atoms with Crippen LogP contribution in [0.25, 0.3) is 0 Å². The average molecular weight is 302 g/mol. The smallest absolute Gasteiger partial charge is 0.230 e. The number of hydrogen-bond acceptors (Lipinski definition) is 4. The van der Waals surface area contributed by atoms with Crippen molar-refractivity contribution in [1.82, 2.24) is 19.7 Å². The Hall–Kier alpha value is -2.11. The fraction of sp³-hybridized carbons (Fsp3) is 0.562. The Morgan fingerprint density at radius 2 is 2.27 bits per heavy atom. The molecule has 0 saturated carbocycles. The Morgan fingerprint density at radius 3 is 2.91 bits per heavy atom. The highest BCUT2D eigenvalue weighted by Crippen LogP contribution is 2.28. The zero-order valence-corrected chi connectivity index (χ0v) is 13.3. The maximum atomic E-state index is 12.8. The van der Waals surface area contributed by atoms with Crippen LogP contribution < -0.4 is 0 Å². The highest BCUT2D eigenvalue weighted by molar-refractivity contribution is 5.83. The van der Waals surface area contributed by atoms with Crippen LogP contribution in [0.3, 0.4) is 0 Å². The van der Waals surface area contributed by atoms with Gasteiger partial charge in [-0.3, -0.25) is 4.79 Å². The van der Waals surface area contributed by atoms with Gasteiger partial charge in [0.05, 0.1) is 12.0 Å². The molecule has 0 spiro atoms. The predicted molar refractivity (Wildman–Crippen MR) is 81.5 cm³/mol. The van der Waals surface area contributed by atoms with E-state index in [1.165, 1.54) is 0 Å². The Balaban J connectivity index is 1.72. The normalized spacial score (nSPS) is 20.1. The molecule has 3 heterocycles. The summed E-state index contributed by atoms with van der Waals surface area (Å²) in [6.45, 7) is 7.29. The molecule has 0 aromatic carbocycles. The van der Waals surface area contributed by atoms with E-state index in [9.17, 15) is 4.79 Å². The van der Waals surface area contributed by atoms with Gasteiger partial charge in [0.15, 0.2) is 0 Å². The molecule has 0 bridgehead atoms. The molecule has 6 nitrogen and oxygen atoms in total. The quantitative estimate of drug-likeness (QED) is 0.873. The van der Waals surface area contributed by atoms with E-state index in [4.69, 9.17) is 4.42 Å². The number of carbonyl (C=O) groups is 1. The first-order valence-electron chi connectivity index (χ1n) is 7.76. The monoisotopic (exact) mass is 302 g/mol. The predicted octanol–water partition coefficient (Wildman–Crippen LogP) is 2.46. The lowest BCUT2D eigenvalue weighted by atomic mass is 9.97. The third-order valence-corrected chi connectivity index (χ3v) is 4.44. The fourth-order valence-electron chi connectivity index (χ4n) is 3.26. The summed E-state index contributed by atoms with van der Waals surface area (Å²) < 4.78 is 7.42. The van der Waals surface area contributed by atoms with E-state index in [0.717, 1.165) is 36.5 Å². The minimum atomic E-state index is -0.174. The third-order valence-electron chi connectivity index (χ3n) is 4.44. The van der Waals surface area contributed by atoms with Crippen LogP contribution in [0, 0.1) is 13.8 Å². The Morgan fingerprint density at radius 1 is 1.45 bits per heavy atom. The van der Waals surface area contributed by atoms with Gasteiger partial charge in [0.1, 0.15) is 24.2 Å². The second kappa shape index (κ2) is 5.94. The first kappa shape index (κ1) is 14.8. The molecule has 22 heavy (non-hydrogen) atoms. The lowest BCUT2D eigenvalue weighted by molar-refractivity contribution is -0.134. The van der Waals surface area contributed by atoms with Gasteiger partial charge >= 0.3 is 0 Å². The van der Waals surface area contributed by atoms with Crippen LogP contribution in [-0.4, -0.2) is 38.7 Å². The van der Waals surface area contributed by atoms with E-state index in [-0.39, 0.29) is 17.9 Å². The summed E-state index contributed by atoms with van der Waals surface area (Å²) >= 11 is 0. The summed E-state index contributed by atoms with van der Waals surface area (Å²) in [5.74, 6) is 1.68. The molecule has 0 N–H and O–H groups in total. The van der Waals surface area contributed by atoms with Crippen LogP contribution in [0.1, 0.15) is 48.8 Å². The largest absolute Gasteiger partial charge is 0.466 e. The second-order valence-electron chi connectivity index (χ2n) is 6.05. The minimum Gasteiger partial charge on any atom is -0.466 e. The Bertz CT molecular complexity index is 647. The topological polar surface area (TPSA) is 64.2 Å². The van der Waals surface area contributed by atoms with Gasteiger partial charge in [-0.2, -0.15) is 5.10 Å². The van der Waals surface area contributed by atoms with Crippen molar-refractivity contribution in [3.8, 4) is 0 Å². The molecule has 0 radical (unpaired) electrons. The van der Waals surface area contributed by atoms with Gasteiger partial charge in [-0.15, -0.1) is 0 Å². The molecular weight excluding hydrogens is 280 g/mol. The van der Waals surface area contributed by atoms with Crippen LogP contribution >= 0.6 is 0 Å². The first-order chi connectivity index (χ1) is 10.6. The van der Waals surface area contributed by atoms with Gasteiger partial charge < -0.3 is 9.32 Å². The molecule has 3 rings (SSSR count). The summed E-state index contributed by atoms with van der Waals surface area (Å²) in [5, 5.41) is 4.21. The number of carbonyl (C=O) groups excluding carboxylic acids is 1. The number of nitrogens with zero attached hydrogens (tertiary/aromatic N) is 4. The zero-order chi connectivity index (χ0) is 15.7. The maximum absolute atomic E-state index is 12.8. The SMILES string of the molecule is Cc1cc([C@@H](C)C(=O)N2CCC[C@H](n3cncn3)C2)c(C)o1. The van der Waals surface area contributed by atoms with Crippen LogP contribution in [0.15, 0.2) is 23.1 Å². The van der Waals surface area contributed by atoms with Gasteiger partial charge in [0.2, 0.25) is 5.91 Å². The molecule has 2 aromatic heterocycles. The standard InChI is InChI=1S/C16H22N4O2/c1-11-7-15(13(3)22-11)12(2)16(21)19-6-4-5-14(8-19)20-10-17-9-18-20/h7,9-10,12,14H,4-6,8H2,1-3H3/t12-,14+/m1/s1. The number of amides is 1. The van der Waals surface area contributed by atoms with Crippen LogP contribution in [0.2, 0.25) is 0 Å². The van der Waals surface area contributed by atoms with Gasteiger partial charge in [-0.25, -0.2) is 9.67 Å². The number of likely N-dealkylation sites (tertiary alicyclic amines) is 1. The number of aromatic nitrogens is 3. The lowest BCUT2D eigenvalue weighted by Crippen LogP contribution is -2.42. The van der Waals surface area contributed by atoms with E-state index >= 15 is 0 Å². The van der Waals surface area contributed by atoms with Crippen molar-refractivity contribution in [2.24, 2.45) is 0 Å². The molecule has 0 aliphatic carbocycles. The second-order valence-corrected chi connectivity index (χ2v) is 6.05. The van der Waals surface area contributed by atoms with Crippen molar-refractivity contribution in [2.45, 2.75) is 45.6 Å². The maximum Gasteiger partial charge on any atom is 0.230 e. The molecular formula is C16H22N4O2. The Labute approximate surface area is 130 Å². The van der Waals surface area contributed by atoms with E-state index in [2.05, 4.69) is 10.1 Å². The van der Waals surface area contributed by atoms with Crippen molar-refractivity contribution in [2.75, 3.05) is 13.1 Å². The summed E-state index contributed by atoms with van der Waals surface area (Å²) in [6, 6.07) is 2.19. The van der Waals surface area contributed by atoms with Crippen molar-refractivity contribution in [3.05, 3.63) is 35.8 Å². The van der Waals surface area contributed by atoms with Crippen molar-refractivity contribution in [1.29, 1.82) is 0 Å².